The van der Waals surface area contributed by atoms with Gasteiger partial charge in [0.2, 0.25) is 0 Å². The number of benzene rings is 1. The highest BCUT2D eigenvalue weighted by atomic mass is 19.1. The van der Waals surface area contributed by atoms with Gasteiger partial charge >= 0.3 is 5.97 Å². The topological polar surface area (TPSA) is 73.9 Å². The van der Waals surface area contributed by atoms with Crippen LogP contribution in [-0.4, -0.2) is 12.1 Å². The summed E-state index contributed by atoms with van der Waals surface area (Å²) in [5.74, 6) is 0.224. The first-order valence-corrected chi connectivity index (χ1v) is 11.1. The van der Waals surface area contributed by atoms with E-state index in [2.05, 4.69) is 6.07 Å². The Balaban J connectivity index is 1.37. The van der Waals surface area contributed by atoms with Crippen molar-refractivity contribution in [2.24, 2.45) is 11.8 Å². The van der Waals surface area contributed by atoms with Crippen LogP contribution in [0.3, 0.4) is 0 Å². The van der Waals surface area contributed by atoms with E-state index in [4.69, 9.17) is 15.3 Å². The smallest absolute Gasteiger partial charge is 0.309 e. The van der Waals surface area contributed by atoms with Gasteiger partial charge < -0.3 is 4.74 Å². The zero-order valence-electron chi connectivity index (χ0n) is 17.4. The van der Waals surface area contributed by atoms with Gasteiger partial charge in [-0.05, 0) is 99.8 Å². The van der Waals surface area contributed by atoms with Crippen molar-refractivity contribution in [3.05, 3.63) is 47.3 Å². The molecule has 0 radical (unpaired) electrons. The van der Waals surface area contributed by atoms with Crippen molar-refractivity contribution >= 4 is 5.97 Å². The monoisotopic (exact) mass is 408 g/mol. The summed E-state index contributed by atoms with van der Waals surface area (Å²) >= 11 is 0. The fraction of sp³-hybridized carbons (Fsp3) is 0.560. The molecule has 0 unspecified atom stereocenters. The quantitative estimate of drug-likeness (QED) is 0.421. The molecule has 4 nitrogen and oxygen atoms in total. The fourth-order valence-corrected chi connectivity index (χ4v) is 4.78. The van der Waals surface area contributed by atoms with E-state index in [1.54, 1.807) is 0 Å². The highest BCUT2D eigenvalue weighted by molar-refractivity contribution is 5.72. The number of esters is 1. The summed E-state index contributed by atoms with van der Waals surface area (Å²) in [6.45, 7) is 0. The van der Waals surface area contributed by atoms with Gasteiger partial charge in [-0.1, -0.05) is 12.1 Å². The van der Waals surface area contributed by atoms with Crippen LogP contribution in [0.25, 0.3) is 0 Å². The van der Waals surface area contributed by atoms with Crippen LogP contribution >= 0.6 is 0 Å². The van der Waals surface area contributed by atoms with Crippen LogP contribution in [0.15, 0.2) is 36.2 Å². The minimum atomic E-state index is -0.702. The van der Waals surface area contributed by atoms with Crippen LogP contribution in [-0.2, 0) is 9.53 Å². The largest absolute Gasteiger partial charge is 0.462 e. The van der Waals surface area contributed by atoms with Gasteiger partial charge in [-0.3, -0.25) is 4.79 Å². The summed E-state index contributed by atoms with van der Waals surface area (Å²) in [7, 11) is 0. The molecule has 2 fully saturated rings. The maximum absolute atomic E-state index is 12.9. The molecule has 2 aliphatic carbocycles. The molecular formula is C25H29FN2O2. The highest BCUT2D eigenvalue weighted by Gasteiger charge is 2.31. The third kappa shape index (κ3) is 6.17. The lowest BCUT2D eigenvalue weighted by Gasteiger charge is -2.31. The van der Waals surface area contributed by atoms with Crippen molar-refractivity contribution in [1.82, 2.24) is 0 Å². The molecular weight excluding hydrogens is 379 g/mol. The fourth-order valence-electron chi connectivity index (χ4n) is 4.78. The molecule has 0 aliphatic heterocycles. The Morgan fingerprint density at radius 3 is 2.30 bits per heavy atom. The lowest BCUT2D eigenvalue weighted by Crippen LogP contribution is -2.29. The molecule has 0 aromatic heterocycles. The van der Waals surface area contributed by atoms with Crippen LogP contribution in [0.5, 0.6) is 0 Å². The van der Waals surface area contributed by atoms with Gasteiger partial charge in [-0.15, -0.1) is 0 Å². The summed E-state index contributed by atoms with van der Waals surface area (Å²) in [4.78, 5) is 12.6. The lowest BCUT2D eigenvalue weighted by atomic mass is 9.78. The average Bonchev–Trinajstić information content (AvgIpc) is 2.80. The predicted molar refractivity (Wildman–Crippen MR) is 112 cm³/mol. The number of nitrogens with zero attached hydrogens (tertiary/aromatic N) is 2. The second-order valence-electron chi connectivity index (χ2n) is 8.60. The molecule has 0 amide bonds. The summed E-state index contributed by atoms with van der Waals surface area (Å²) in [6.07, 6.45) is 10.3. The van der Waals surface area contributed by atoms with E-state index in [0.29, 0.717) is 23.8 Å². The molecule has 3 rings (SSSR count). The number of allylic oxidation sites excluding steroid dienone is 2. The lowest BCUT2D eigenvalue weighted by molar-refractivity contribution is -0.157. The first-order chi connectivity index (χ1) is 14.6. The number of ether oxygens (including phenoxy) is 1. The van der Waals surface area contributed by atoms with E-state index < -0.39 is 5.83 Å². The predicted octanol–water partition coefficient (Wildman–Crippen LogP) is 6.09. The Morgan fingerprint density at radius 1 is 1.03 bits per heavy atom. The molecule has 0 N–H and O–H groups in total. The van der Waals surface area contributed by atoms with Crippen molar-refractivity contribution in [1.29, 1.82) is 10.5 Å². The standard InChI is InChI=1S/C25H29FN2O2/c26-23(17-28)3-1-2-18-6-14-24(15-7-18)30-25(29)22-12-10-21(11-13-22)20-8-4-19(16-27)5-9-20/h3-5,8-9,18,21-22,24H,1-2,6-7,10-15H2. The Morgan fingerprint density at radius 2 is 1.70 bits per heavy atom. The van der Waals surface area contributed by atoms with Gasteiger partial charge in [0.1, 0.15) is 12.2 Å². The first kappa shape index (κ1) is 22.0. The summed E-state index contributed by atoms with van der Waals surface area (Å²) in [5.41, 5.74) is 1.93. The normalized spacial score (nSPS) is 27.0. The van der Waals surface area contributed by atoms with Gasteiger partial charge in [-0.25, -0.2) is 0 Å². The molecule has 158 valence electrons. The summed E-state index contributed by atoms with van der Waals surface area (Å²) in [6, 6.07) is 11.4. The van der Waals surface area contributed by atoms with Gasteiger partial charge in [0.15, 0.2) is 5.83 Å². The maximum Gasteiger partial charge on any atom is 0.309 e. The second-order valence-corrected chi connectivity index (χ2v) is 8.60. The van der Waals surface area contributed by atoms with E-state index in [9.17, 15) is 9.18 Å². The zero-order chi connectivity index (χ0) is 21.3. The van der Waals surface area contributed by atoms with Gasteiger partial charge in [0.05, 0.1) is 17.6 Å². The SMILES string of the molecule is N#CC(F)=CCCC1CCC(OC(=O)C2CCC(c3ccc(C#N)cc3)CC2)CC1. The maximum atomic E-state index is 12.9. The Bertz CT molecular complexity index is 818. The number of carbonyl (C=O) groups excluding carboxylic acids is 1. The third-order valence-electron chi connectivity index (χ3n) is 6.65. The molecule has 30 heavy (non-hydrogen) atoms. The number of carbonyl (C=O) groups is 1. The van der Waals surface area contributed by atoms with Crippen LogP contribution in [0.2, 0.25) is 0 Å². The molecule has 0 heterocycles. The van der Waals surface area contributed by atoms with Crippen molar-refractivity contribution in [2.45, 2.75) is 76.2 Å². The minimum absolute atomic E-state index is 0.00329. The second kappa shape index (κ2) is 10.9. The van der Waals surface area contributed by atoms with Crippen molar-refractivity contribution in [2.75, 3.05) is 0 Å². The number of nitriles is 2. The van der Waals surface area contributed by atoms with Crippen LogP contribution in [0, 0.1) is 34.5 Å². The number of hydrogen-bond acceptors (Lipinski definition) is 4. The van der Waals surface area contributed by atoms with Crippen LogP contribution in [0.1, 0.15) is 81.3 Å². The molecule has 2 aliphatic rings. The third-order valence-corrected chi connectivity index (χ3v) is 6.65. The molecule has 1 aromatic rings. The molecule has 2 saturated carbocycles. The molecule has 0 spiro atoms. The first-order valence-electron chi connectivity index (χ1n) is 11.1. The van der Waals surface area contributed by atoms with Gasteiger partial charge in [0.25, 0.3) is 0 Å². The summed E-state index contributed by atoms with van der Waals surface area (Å²) < 4.78 is 18.7. The Labute approximate surface area is 178 Å². The molecule has 0 saturated heterocycles. The molecule has 0 bridgehead atoms. The highest BCUT2D eigenvalue weighted by Crippen LogP contribution is 2.37. The van der Waals surface area contributed by atoms with Crippen molar-refractivity contribution in [3.8, 4) is 12.1 Å². The van der Waals surface area contributed by atoms with E-state index in [-0.39, 0.29) is 18.0 Å². The molecule has 5 heteroatoms. The summed E-state index contributed by atoms with van der Waals surface area (Å²) in [5, 5.41) is 17.4. The van der Waals surface area contributed by atoms with Crippen molar-refractivity contribution < 1.29 is 13.9 Å². The van der Waals surface area contributed by atoms with Gasteiger partial charge in [0, 0.05) is 0 Å². The number of rotatable bonds is 6. The van der Waals surface area contributed by atoms with E-state index in [1.807, 2.05) is 24.3 Å². The van der Waals surface area contributed by atoms with Crippen LogP contribution in [0.4, 0.5) is 4.39 Å². The van der Waals surface area contributed by atoms with Gasteiger partial charge in [-0.2, -0.15) is 14.9 Å². The van der Waals surface area contributed by atoms with E-state index in [0.717, 1.165) is 57.8 Å². The minimum Gasteiger partial charge on any atom is -0.462 e. The van der Waals surface area contributed by atoms with Crippen molar-refractivity contribution in [3.63, 3.8) is 0 Å². The van der Waals surface area contributed by atoms with Crippen LogP contribution < -0.4 is 0 Å². The van der Waals surface area contributed by atoms with E-state index in [1.165, 1.54) is 17.7 Å². The molecule has 0 atom stereocenters. The number of halogens is 1. The van der Waals surface area contributed by atoms with E-state index >= 15 is 0 Å². The Hall–Kier alpha value is -2.66. The molecule has 1 aromatic carbocycles. The average molecular weight is 409 g/mol. The number of hydrogen-bond donors (Lipinski definition) is 0. The Kier molecular flexibility index (Phi) is 8.03. The zero-order valence-corrected chi connectivity index (χ0v) is 17.4.